The summed E-state index contributed by atoms with van der Waals surface area (Å²) in [6, 6.07) is 10.2. The molecule has 0 spiro atoms. The molecule has 1 aromatic rings. The normalized spacial score (nSPS) is 12.5. The maximum absolute atomic E-state index is 11.6. The SMILES string of the molecule is CCCNC(=O)CCNC(=NCC(C)COCc1ccccc1)NCC. The summed E-state index contributed by atoms with van der Waals surface area (Å²) in [6.45, 7) is 10.2. The Morgan fingerprint density at radius 2 is 1.88 bits per heavy atom. The fourth-order valence-corrected chi connectivity index (χ4v) is 2.24. The number of benzene rings is 1. The van der Waals surface area contributed by atoms with Crippen LogP contribution in [-0.2, 0) is 16.1 Å². The van der Waals surface area contributed by atoms with Crippen molar-refractivity contribution in [3.63, 3.8) is 0 Å². The Kier molecular flexibility index (Phi) is 11.9. The lowest BCUT2D eigenvalue weighted by Gasteiger charge is -2.14. The van der Waals surface area contributed by atoms with Crippen LogP contribution >= 0.6 is 0 Å². The number of hydrogen-bond donors (Lipinski definition) is 3. The molecule has 3 N–H and O–H groups in total. The molecule has 0 heterocycles. The fraction of sp³-hybridized carbons (Fsp3) is 0.600. The Labute approximate surface area is 157 Å². The molecule has 26 heavy (non-hydrogen) atoms. The van der Waals surface area contributed by atoms with Crippen molar-refractivity contribution < 1.29 is 9.53 Å². The number of rotatable bonds is 12. The van der Waals surface area contributed by atoms with E-state index in [1.807, 2.05) is 32.0 Å². The van der Waals surface area contributed by atoms with E-state index in [1.165, 1.54) is 5.56 Å². The highest BCUT2D eigenvalue weighted by atomic mass is 16.5. The minimum absolute atomic E-state index is 0.0675. The van der Waals surface area contributed by atoms with Gasteiger partial charge in [0.25, 0.3) is 0 Å². The Hall–Kier alpha value is -2.08. The van der Waals surface area contributed by atoms with Crippen molar-refractivity contribution in [2.24, 2.45) is 10.9 Å². The van der Waals surface area contributed by atoms with Gasteiger partial charge in [0, 0.05) is 32.6 Å². The van der Waals surface area contributed by atoms with Gasteiger partial charge in [0.15, 0.2) is 5.96 Å². The van der Waals surface area contributed by atoms with Crippen molar-refractivity contribution in [2.45, 2.75) is 40.2 Å². The zero-order valence-corrected chi connectivity index (χ0v) is 16.4. The predicted molar refractivity (Wildman–Crippen MR) is 107 cm³/mol. The maximum Gasteiger partial charge on any atom is 0.221 e. The number of carbonyl (C=O) groups excluding carboxylic acids is 1. The third-order valence-electron chi connectivity index (χ3n) is 3.64. The number of nitrogens with zero attached hydrogens (tertiary/aromatic N) is 1. The number of nitrogens with one attached hydrogen (secondary N) is 3. The van der Waals surface area contributed by atoms with E-state index in [9.17, 15) is 4.79 Å². The van der Waals surface area contributed by atoms with E-state index in [1.54, 1.807) is 0 Å². The van der Waals surface area contributed by atoms with Crippen LogP contribution in [0.15, 0.2) is 35.3 Å². The zero-order valence-electron chi connectivity index (χ0n) is 16.4. The van der Waals surface area contributed by atoms with E-state index in [-0.39, 0.29) is 5.91 Å². The lowest BCUT2D eigenvalue weighted by Crippen LogP contribution is -2.39. The number of guanidine groups is 1. The zero-order chi connectivity index (χ0) is 19.0. The van der Waals surface area contributed by atoms with E-state index in [0.717, 1.165) is 25.5 Å². The molecule has 6 nitrogen and oxygen atoms in total. The first-order valence-corrected chi connectivity index (χ1v) is 9.56. The van der Waals surface area contributed by atoms with Crippen LogP contribution in [0.1, 0.15) is 39.2 Å². The second-order valence-electron chi connectivity index (χ2n) is 6.35. The van der Waals surface area contributed by atoms with Gasteiger partial charge in [-0.3, -0.25) is 9.79 Å². The summed E-state index contributed by atoms with van der Waals surface area (Å²) in [5.41, 5.74) is 1.18. The van der Waals surface area contributed by atoms with E-state index in [0.29, 0.717) is 38.6 Å². The lowest BCUT2D eigenvalue weighted by molar-refractivity contribution is -0.120. The Morgan fingerprint density at radius 1 is 1.12 bits per heavy atom. The molecule has 1 aromatic carbocycles. The molecular formula is C20H34N4O2. The van der Waals surface area contributed by atoms with Gasteiger partial charge in [-0.25, -0.2) is 0 Å². The number of aliphatic imine (C=N–C) groups is 1. The molecular weight excluding hydrogens is 328 g/mol. The largest absolute Gasteiger partial charge is 0.376 e. The molecule has 1 rings (SSSR count). The van der Waals surface area contributed by atoms with Crippen LogP contribution in [0.5, 0.6) is 0 Å². The van der Waals surface area contributed by atoms with Gasteiger partial charge in [-0.15, -0.1) is 0 Å². The quantitative estimate of drug-likeness (QED) is 0.394. The topological polar surface area (TPSA) is 74.8 Å². The highest BCUT2D eigenvalue weighted by Gasteiger charge is 2.05. The molecule has 0 radical (unpaired) electrons. The maximum atomic E-state index is 11.6. The predicted octanol–water partition coefficient (Wildman–Crippen LogP) is 2.31. The van der Waals surface area contributed by atoms with Gasteiger partial charge >= 0.3 is 0 Å². The van der Waals surface area contributed by atoms with Crippen LogP contribution in [0, 0.1) is 5.92 Å². The molecule has 0 aliphatic rings. The smallest absolute Gasteiger partial charge is 0.221 e. The standard InChI is InChI=1S/C20H34N4O2/c1-4-12-22-19(25)11-13-23-20(21-5-2)24-14-17(3)15-26-16-18-9-7-6-8-10-18/h6-10,17H,4-5,11-16H2,1-3H3,(H,22,25)(H2,21,23,24). The Balaban J connectivity index is 2.27. The summed E-state index contributed by atoms with van der Waals surface area (Å²) in [4.78, 5) is 16.2. The molecule has 0 aromatic heterocycles. The van der Waals surface area contributed by atoms with E-state index in [4.69, 9.17) is 4.74 Å². The number of hydrogen-bond acceptors (Lipinski definition) is 3. The van der Waals surface area contributed by atoms with Crippen molar-refractivity contribution in [3.05, 3.63) is 35.9 Å². The summed E-state index contributed by atoms with van der Waals surface area (Å²) >= 11 is 0. The molecule has 1 atom stereocenters. The summed E-state index contributed by atoms with van der Waals surface area (Å²) in [6.07, 6.45) is 1.40. The van der Waals surface area contributed by atoms with Crippen molar-refractivity contribution >= 4 is 11.9 Å². The average Bonchev–Trinajstić information content (AvgIpc) is 2.65. The first kappa shape index (κ1) is 22.0. The van der Waals surface area contributed by atoms with Crippen molar-refractivity contribution in [3.8, 4) is 0 Å². The van der Waals surface area contributed by atoms with Gasteiger partial charge in [0.05, 0.1) is 13.2 Å². The highest BCUT2D eigenvalue weighted by molar-refractivity contribution is 5.81. The molecule has 146 valence electrons. The van der Waals surface area contributed by atoms with Gasteiger partial charge in [-0.05, 0) is 24.8 Å². The van der Waals surface area contributed by atoms with Crippen molar-refractivity contribution in [1.82, 2.24) is 16.0 Å². The van der Waals surface area contributed by atoms with Gasteiger partial charge in [0.2, 0.25) is 5.91 Å². The Morgan fingerprint density at radius 3 is 2.58 bits per heavy atom. The molecule has 0 bridgehead atoms. The monoisotopic (exact) mass is 362 g/mol. The van der Waals surface area contributed by atoms with Crippen LogP contribution in [0.2, 0.25) is 0 Å². The fourth-order valence-electron chi connectivity index (χ4n) is 2.24. The second-order valence-corrected chi connectivity index (χ2v) is 6.35. The number of ether oxygens (including phenoxy) is 1. The molecule has 0 aliphatic heterocycles. The van der Waals surface area contributed by atoms with Crippen molar-refractivity contribution in [2.75, 3.05) is 32.8 Å². The lowest BCUT2D eigenvalue weighted by atomic mass is 10.2. The molecule has 0 fully saturated rings. The van der Waals surface area contributed by atoms with Gasteiger partial charge in [0.1, 0.15) is 0 Å². The number of amides is 1. The van der Waals surface area contributed by atoms with Crippen LogP contribution in [0.25, 0.3) is 0 Å². The Bertz CT molecular complexity index is 520. The summed E-state index contributed by atoms with van der Waals surface area (Å²) in [5, 5.41) is 9.27. The van der Waals surface area contributed by atoms with Gasteiger partial charge < -0.3 is 20.7 Å². The molecule has 0 aliphatic carbocycles. The second kappa shape index (κ2) is 14.1. The molecule has 0 saturated heterocycles. The summed E-state index contributed by atoms with van der Waals surface area (Å²) in [5.74, 6) is 1.13. The van der Waals surface area contributed by atoms with Gasteiger partial charge in [-0.2, -0.15) is 0 Å². The molecule has 0 saturated carbocycles. The van der Waals surface area contributed by atoms with Crippen LogP contribution in [0.3, 0.4) is 0 Å². The first-order chi connectivity index (χ1) is 12.7. The molecule has 1 unspecified atom stereocenters. The number of carbonyl (C=O) groups is 1. The van der Waals surface area contributed by atoms with Crippen LogP contribution < -0.4 is 16.0 Å². The van der Waals surface area contributed by atoms with Crippen molar-refractivity contribution in [1.29, 1.82) is 0 Å². The third-order valence-corrected chi connectivity index (χ3v) is 3.64. The van der Waals surface area contributed by atoms with E-state index in [2.05, 4.69) is 40.0 Å². The third kappa shape index (κ3) is 10.7. The first-order valence-electron chi connectivity index (χ1n) is 9.56. The highest BCUT2D eigenvalue weighted by Crippen LogP contribution is 2.03. The minimum Gasteiger partial charge on any atom is -0.376 e. The van der Waals surface area contributed by atoms with Crippen LogP contribution in [-0.4, -0.2) is 44.7 Å². The summed E-state index contributed by atoms with van der Waals surface area (Å²) < 4.78 is 5.76. The molecule has 1 amide bonds. The average molecular weight is 363 g/mol. The van der Waals surface area contributed by atoms with E-state index < -0.39 is 0 Å². The van der Waals surface area contributed by atoms with E-state index >= 15 is 0 Å². The molecule has 6 heteroatoms. The summed E-state index contributed by atoms with van der Waals surface area (Å²) in [7, 11) is 0. The minimum atomic E-state index is 0.0675. The van der Waals surface area contributed by atoms with Gasteiger partial charge in [-0.1, -0.05) is 44.2 Å². The van der Waals surface area contributed by atoms with Crippen LogP contribution in [0.4, 0.5) is 0 Å².